The van der Waals surface area contributed by atoms with Gasteiger partial charge in [0, 0.05) is 30.0 Å². The number of ether oxygens (including phenoxy) is 2. The summed E-state index contributed by atoms with van der Waals surface area (Å²) in [4.78, 5) is 26.2. The molecule has 0 saturated heterocycles. The van der Waals surface area contributed by atoms with Gasteiger partial charge in [-0.15, -0.1) is 0 Å². The van der Waals surface area contributed by atoms with E-state index in [1.807, 2.05) is 19.1 Å². The predicted molar refractivity (Wildman–Crippen MR) is 137 cm³/mol. The molecule has 0 aromatic heterocycles. The van der Waals surface area contributed by atoms with Crippen molar-refractivity contribution in [2.75, 3.05) is 13.7 Å². The third-order valence-electron chi connectivity index (χ3n) is 6.73. The van der Waals surface area contributed by atoms with Gasteiger partial charge in [-0.25, -0.2) is 0 Å². The summed E-state index contributed by atoms with van der Waals surface area (Å²) in [6, 6.07) is 12.4. The van der Waals surface area contributed by atoms with Crippen LogP contribution in [0.3, 0.4) is 0 Å². The molecular formula is C28H32BrNO4. The molecule has 2 aromatic carbocycles. The fraction of sp³-hybridized carbons (Fsp3) is 0.429. The summed E-state index contributed by atoms with van der Waals surface area (Å²) in [6.45, 7) is 8.99. The number of hydrogen-bond donors (Lipinski definition) is 1. The zero-order chi connectivity index (χ0) is 24.6. The molecule has 1 aliphatic heterocycles. The molecular weight excluding hydrogens is 494 g/mol. The Balaban J connectivity index is 1.68. The summed E-state index contributed by atoms with van der Waals surface area (Å²) in [5.74, 6) is 0.989. The number of ketones is 1. The van der Waals surface area contributed by atoms with E-state index in [2.05, 4.69) is 66.3 Å². The molecule has 0 saturated carbocycles. The second-order valence-electron chi connectivity index (χ2n) is 10.1. The molecule has 2 atom stereocenters. The lowest BCUT2D eigenvalue weighted by Crippen LogP contribution is -2.38. The first kappa shape index (κ1) is 24.5. The van der Waals surface area contributed by atoms with Crippen molar-refractivity contribution in [2.24, 2.45) is 0 Å². The molecule has 1 amide bonds. The third kappa shape index (κ3) is 4.78. The number of nitrogens with one attached hydrogen (secondary N) is 1. The lowest BCUT2D eigenvalue weighted by molar-refractivity contribution is -0.122. The number of methoxy groups -OCH3 is 1. The zero-order valence-corrected chi connectivity index (χ0v) is 22.0. The Hall–Kier alpha value is -2.60. The maximum atomic E-state index is 13.5. The summed E-state index contributed by atoms with van der Waals surface area (Å²) in [5.41, 5.74) is 4.82. The molecule has 0 bridgehead atoms. The van der Waals surface area contributed by atoms with Crippen molar-refractivity contribution in [1.82, 2.24) is 5.32 Å². The minimum absolute atomic E-state index is 0.0564. The van der Waals surface area contributed by atoms with Gasteiger partial charge in [0.05, 0.1) is 18.2 Å². The number of carbonyl (C=O) groups excluding carboxylic acids is 2. The summed E-state index contributed by atoms with van der Waals surface area (Å²) < 4.78 is 12.0. The van der Waals surface area contributed by atoms with Crippen LogP contribution < -0.4 is 14.8 Å². The Kier molecular flexibility index (Phi) is 6.90. The molecule has 2 aliphatic rings. The molecule has 1 heterocycles. The number of allylic oxidation sites excluding steroid dienone is 2. The van der Waals surface area contributed by atoms with Crippen molar-refractivity contribution in [3.8, 4) is 11.5 Å². The summed E-state index contributed by atoms with van der Waals surface area (Å²) in [7, 11) is 1.59. The van der Waals surface area contributed by atoms with Gasteiger partial charge in [0.25, 0.3) is 0 Å². The van der Waals surface area contributed by atoms with Gasteiger partial charge >= 0.3 is 0 Å². The quantitative estimate of drug-likeness (QED) is 0.507. The van der Waals surface area contributed by atoms with Crippen LogP contribution in [0.15, 0.2) is 52.1 Å². The van der Waals surface area contributed by atoms with Gasteiger partial charge in [-0.3, -0.25) is 9.59 Å². The van der Waals surface area contributed by atoms with Gasteiger partial charge in [0.15, 0.2) is 17.3 Å². The summed E-state index contributed by atoms with van der Waals surface area (Å²) in [6.07, 6.45) is 1.32. The standard InChI is InChI=1S/C28H32BrNO4/c1-6-34-27-21(29)11-18(14-24(27)33-5)20-15-25(32)30-22-12-17(13-23(31)26(20)22)16-7-9-19(10-8-16)28(2,3)4/h7-11,14,17,20H,6,12-13,15H2,1-5H3,(H,30,32). The topological polar surface area (TPSA) is 64.6 Å². The van der Waals surface area contributed by atoms with Gasteiger partial charge in [0.1, 0.15) is 0 Å². The van der Waals surface area contributed by atoms with Crippen LogP contribution in [0.5, 0.6) is 11.5 Å². The van der Waals surface area contributed by atoms with E-state index in [9.17, 15) is 9.59 Å². The fourth-order valence-electron chi connectivity index (χ4n) is 4.96. The van der Waals surface area contributed by atoms with Crippen LogP contribution in [0.2, 0.25) is 0 Å². The highest BCUT2D eigenvalue weighted by molar-refractivity contribution is 9.10. The number of Topliss-reactive ketones (excluding diaryl/α,β-unsaturated/α-hetero) is 1. The van der Waals surface area contributed by atoms with Crippen LogP contribution in [0.25, 0.3) is 0 Å². The van der Waals surface area contributed by atoms with Crippen LogP contribution in [-0.4, -0.2) is 25.4 Å². The van der Waals surface area contributed by atoms with Gasteiger partial charge in [-0.1, -0.05) is 45.0 Å². The maximum absolute atomic E-state index is 13.5. The van der Waals surface area contributed by atoms with Gasteiger partial charge < -0.3 is 14.8 Å². The van der Waals surface area contributed by atoms with Crippen LogP contribution in [-0.2, 0) is 15.0 Å². The predicted octanol–water partition coefficient (Wildman–Crippen LogP) is 6.16. The Morgan fingerprint density at radius 3 is 2.35 bits per heavy atom. The van der Waals surface area contributed by atoms with E-state index in [1.165, 1.54) is 5.56 Å². The van der Waals surface area contributed by atoms with E-state index >= 15 is 0 Å². The Labute approximate surface area is 210 Å². The molecule has 2 aromatic rings. The van der Waals surface area contributed by atoms with Crippen LogP contribution >= 0.6 is 15.9 Å². The lowest BCUT2D eigenvalue weighted by atomic mass is 9.73. The van der Waals surface area contributed by atoms with E-state index in [0.29, 0.717) is 30.9 Å². The monoisotopic (exact) mass is 525 g/mol. The molecule has 6 heteroatoms. The second-order valence-corrected chi connectivity index (χ2v) is 10.9. The highest BCUT2D eigenvalue weighted by atomic mass is 79.9. The number of rotatable bonds is 5. The zero-order valence-electron chi connectivity index (χ0n) is 20.5. The van der Waals surface area contributed by atoms with E-state index < -0.39 is 0 Å². The van der Waals surface area contributed by atoms with E-state index in [0.717, 1.165) is 26.9 Å². The lowest BCUT2D eigenvalue weighted by Gasteiger charge is -2.35. The van der Waals surface area contributed by atoms with E-state index in [1.54, 1.807) is 7.11 Å². The fourth-order valence-corrected chi connectivity index (χ4v) is 5.54. The summed E-state index contributed by atoms with van der Waals surface area (Å²) in [5, 5.41) is 3.01. The third-order valence-corrected chi connectivity index (χ3v) is 7.32. The van der Waals surface area contributed by atoms with Crippen molar-refractivity contribution < 1.29 is 19.1 Å². The molecule has 2 unspecified atom stereocenters. The first-order valence-electron chi connectivity index (χ1n) is 11.8. The molecule has 180 valence electrons. The first-order valence-corrected chi connectivity index (χ1v) is 12.6. The normalized spacial score (nSPS) is 20.6. The minimum atomic E-state index is -0.304. The minimum Gasteiger partial charge on any atom is -0.493 e. The number of hydrogen-bond acceptors (Lipinski definition) is 4. The van der Waals surface area contributed by atoms with Crippen LogP contribution in [0, 0.1) is 0 Å². The molecule has 1 N–H and O–H groups in total. The van der Waals surface area contributed by atoms with Crippen LogP contribution in [0.4, 0.5) is 0 Å². The van der Waals surface area contributed by atoms with Crippen molar-refractivity contribution in [2.45, 2.75) is 64.2 Å². The number of carbonyl (C=O) groups is 2. The Morgan fingerprint density at radius 2 is 1.74 bits per heavy atom. The molecule has 0 spiro atoms. The van der Waals surface area contributed by atoms with E-state index in [-0.39, 0.29) is 35.4 Å². The first-order chi connectivity index (χ1) is 16.1. The Bertz CT molecular complexity index is 1140. The van der Waals surface area contributed by atoms with Crippen molar-refractivity contribution in [1.29, 1.82) is 0 Å². The summed E-state index contributed by atoms with van der Waals surface area (Å²) >= 11 is 3.58. The molecule has 34 heavy (non-hydrogen) atoms. The number of amides is 1. The van der Waals surface area contributed by atoms with Gasteiger partial charge in [0.2, 0.25) is 5.91 Å². The average Bonchev–Trinajstić information content (AvgIpc) is 2.79. The van der Waals surface area contributed by atoms with E-state index in [4.69, 9.17) is 9.47 Å². The molecule has 0 fully saturated rings. The SMILES string of the molecule is CCOc1c(Br)cc(C2CC(=O)NC3=C2C(=O)CC(c2ccc(C(C)(C)C)cc2)C3)cc1OC. The number of halogens is 1. The second kappa shape index (κ2) is 9.57. The molecule has 0 radical (unpaired) electrons. The van der Waals surface area contributed by atoms with Crippen LogP contribution in [0.1, 0.15) is 75.5 Å². The van der Waals surface area contributed by atoms with Crippen molar-refractivity contribution in [3.05, 3.63) is 68.8 Å². The largest absolute Gasteiger partial charge is 0.493 e. The highest BCUT2D eigenvalue weighted by Crippen LogP contribution is 2.46. The molecule has 4 rings (SSSR count). The smallest absolute Gasteiger partial charge is 0.225 e. The molecule has 1 aliphatic carbocycles. The molecule has 5 nitrogen and oxygen atoms in total. The van der Waals surface area contributed by atoms with Crippen molar-refractivity contribution in [3.63, 3.8) is 0 Å². The van der Waals surface area contributed by atoms with Gasteiger partial charge in [-0.2, -0.15) is 0 Å². The van der Waals surface area contributed by atoms with Crippen molar-refractivity contribution >= 4 is 27.6 Å². The van der Waals surface area contributed by atoms with Gasteiger partial charge in [-0.05, 0) is 69.4 Å². The maximum Gasteiger partial charge on any atom is 0.225 e. The average molecular weight is 526 g/mol. The Morgan fingerprint density at radius 1 is 1.03 bits per heavy atom. The number of benzene rings is 2. The highest BCUT2D eigenvalue weighted by Gasteiger charge is 2.38.